The van der Waals surface area contributed by atoms with Crippen molar-refractivity contribution in [3.63, 3.8) is 0 Å². The van der Waals surface area contributed by atoms with Crippen LogP contribution in [0.1, 0.15) is 129 Å². The van der Waals surface area contributed by atoms with Crippen molar-refractivity contribution in [2.75, 3.05) is 27.2 Å². The molecule has 0 atom stereocenters. The first kappa shape index (κ1) is 39.3. The molecule has 0 aliphatic carbocycles. The topological polar surface area (TPSA) is 111 Å². The SMILES string of the molecule is Cc1cc2cc(c1)OCc1c3c4cc5c1OCOc1c(cc6c7c1COc1cc(C)cc(c1)OCc1c(c(cc8c1OCOc1c(cc(c(c1CO2)OCO3)C4C)C8C)C6C)OCO7)C5C. The summed E-state index contributed by atoms with van der Waals surface area (Å²) in [5, 5.41) is 0. The fraction of sp³-hybridized carbons (Fsp3) is 0.333. The second kappa shape index (κ2) is 14.7. The molecule has 0 saturated carbocycles. The van der Waals surface area contributed by atoms with Gasteiger partial charge in [0.1, 0.15) is 95.4 Å². The molecule has 66 heavy (non-hydrogen) atoms. The number of rotatable bonds is 0. The third-order valence-electron chi connectivity index (χ3n) is 14.5. The maximum atomic E-state index is 6.81. The lowest BCUT2D eigenvalue weighted by Gasteiger charge is -2.36. The maximum Gasteiger partial charge on any atom is 0.230 e. The average Bonchev–Trinajstić information content (AvgIpc) is 3.28. The molecule has 0 aromatic heterocycles. The third kappa shape index (κ3) is 5.95. The Balaban J connectivity index is 1.19. The van der Waals surface area contributed by atoms with Gasteiger partial charge < -0.3 is 56.8 Å². The van der Waals surface area contributed by atoms with Crippen LogP contribution in [0.4, 0.5) is 0 Å². The quantitative estimate of drug-likeness (QED) is 0.145. The molecule has 6 aromatic rings. The number of fused-ring (bicyclic) bond motifs is 12. The van der Waals surface area contributed by atoms with Gasteiger partial charge in [-0.1, -0.05) is 27.7 Å². The minimum Gasteiger partial charge on any atom is -0.488 e. The molecule has 0 spiro atoms. The second-order valence-corrected chi connectivity index (χ2v) is 18.4. The fourth-order valence-electron chi connectivity index (χ4n) is 11.1. The molecular weight excluding hydrogens is 841 g/mol. The highest BCUT2D eigenvalue weighted by molar-refractivity contribution is 5.69. The number of hydrogen-bond donors (Lipinski definition) is 0. The van der Waals surface area contributed by atoms with Crippen LogP contribution in [0.15, 0.2) is 60.7 Å². The Kier molecular flexibility index (Phi) is 8.76. The van der Waals surface area contributed by atoms with Crippen molar-refractivity contribution in [2.24, 2.45) is 0 Å². The van der Waals surface area contributed by atoms with E-state index < -0.39 is 0 Å². The third-order valence-corrected chi connectivity index (χ3v) is 14.5. The van der Waals surface area contributed by atoms with E-state index in [0.717, 1.165) is 77.9 Å². The number of aryl methyl sites for hydroxylation is 2. The van der Waals surface area contributed by atoms with Crippen molar-refractivity contribution < 1.29 is 56.8 Å². The molecule has 14 rings (SSSR count). The highest BCUT2D eigenvalue weighted by atomic mass is 16.7. The average molecular weight is 889 g/mol. The predicted octanol–water partition coefficient (Wildman–Crippen LogP) is 11.1. The molecule has 0 amide bonds. The van der Waals surface area contributed by atoms with Crippen LogP contribution in [-0.2, 0) is 26.4 Å². The molecule has 6 aromatic carbocycles. The van der Waals surface area contributed by atoms with Crippen molar-refractivity contribution >= 4 is 0 Å². The summed E-state index contributed by atoms with van der Waals surface area (Å²) >= 11 is 0. The van der Waals surface area contributed by atoms with Crippen molar-refractivity contribution in [1.29, 1.82) is 0 Å². The first-order valence-corrected chi connectivity index (χ1v) is 22.7. The van der Waals surface area contributed by atoms with E-state index in [0.29, 0.717) is 69.0 Å². The molecule has 12 nitrogen and oxygen atoms in total. The zero-order chi connectivity index (χ0) is 44.5. The molecular formula is C54H48O12. The molecule has 16 bridgehead atoms. The van der Waals surface area contributed by atoms with Gasteiger partial charge in [-0.15, -0.1) is 0 Å². The highest BCUT2D eigenvalue weighted by Crippen LogP contribution is 2.57. The monoisotopic (exact) mass is 888 g/mol. The summed E-state index contributed by atoms with van der Waals surface area (Å²) in [5.41, 5.74) is 12.8. The van der Waals surface area contributed by atoms with Crippen molar-refractivity contribution in [2.45, 2.75) is 91.6 Å². The molecule has 0 unspecified atom stereocenters. The number of ether oxygens (including phenoxy) is 12. The van der Waals surface area contributed by atoms with Crippen LogP contribution in [-0.4, -0.2) is 27.2 Å². The molecule has 12 heteroatoms. The summed E-state index contributed by atoms with van der Waals surface area (Å²) in [4.78, 5) is 0. The van der Waals surface area contributed by atoms with Crippen LogP contribution < -0.4 is 56.8 Å². The van der Waals surface area contributed by atoms with Crippen molar-refractivity contribution in [1.82, 2.24) is 0 Å². The fourth-order valence-corrected chi connectivity index (χ4v) is 11.1. The largest absolute Gasteiger partial charge is 0.488 e. The molecule has 0 N–H and O–H groups in total. The Labute approximate surface area is 382 Å². The molecule has 0 saturated heterocycles. The Hall–Kier alpha value is -7.08. The van der Waals surface area contributed by atoms with E-state index in [1.54, 1.807) is 0 Å². The molecule has 0 fully saturated rings. The Morgan fingerprint density at radius 1 is 0.273 bits per heavy atom. The van der Waals surface area contributed by atoms with Gasteiger partial charge in [-0.05, 0) is 73.5 Å². The first-order chi connectivity index (χ1) is 32.2. The standard InChI is InChI=1S/C54H48O12/c1-25-7-31-11-32(8-25)56-18-44-48-36-14-40-30(6)42-16-38-28(4)37-15-41-29(5)39-13-35(27(36)3)47(59-21-60-48)43(17-55-31)51(39)63-23-65-53(41)45-19-57-33-9-26(2)10-34(12-33)58-20-46(50(38)62-22-61-49(37)45)54(42)66-24-64-52(40)44/h7-16,27-30H,17-24H2,1-6H3. The Morgan fingerprint density at radius 2 is 0.470 bits per heavy atom. The lowest BCUT2D eigenvalue weighted by atomic mass is 9.78. The minimum atomic E-state index is -0.261. The number of hydrogen-bond acceptors (Lipinski definition) is 12. The van der Waals surface area contributed by atoms with Crippen LogP contribution in [0.3, 0.4) is 0 Å². The van der Waals surface area contributed by atoms with Gasteiger partial charge in [-0.3, -0.25) is 0 Å². The second-order valence-electron chi connectivity index (χ2n) is 18.4. The van der Waals surface area contributed by atoms with E-state index >= 15 is 0 Å². The molecule has 8 aliphatic heterocycles. The summed E-state index contributed by atoms with van der Waals surface area (Å²) in [7, 11) is 0. The van der Waals surface area contributed by atoms with Crippen LogP contribution in [0, 0.1) is 13.8 Å². The summed E-state index contributed by atoms with van der Waals surface area (Å²) in [5.74, 6) is 6.78. The molecule has 336 valence electrons. The van der Waals surface area contributed by atoms with Gasteiger partial charge in [0, 0.05) is 80.3 Å². The van der Waals surface area contributed by atoms with E-state index in [1.807, 2.05) is 50.2 Å². The smallest absolute Gasteiger partial charge is 0.230 e. The summed E-state index contributed by atoms with van der Waals surface area (Å²) in [6.07, 6.45) is 0. The number of benzene rings is 6. The molecule has 8 heterocycles. The summed E-state index contributed by atoms with van der Waals surface area (Å²) in [6.45, 7) is 13.1. The normalized spacial score (nSPS) is 20.9. The molecule has 0 radical (unpaired) electrons. The predicted molar refractivity (Wildman–Crippen MR) is 240 cm³/mol. The lowest BCUT2D eigenvalue weighted by molar-refractivity contribution is 0.0898. The Morgan fingerprint density at radius 3 is 0.667 bits per heavy atom. The van der Waals surface area contributed by atoms with Crippen LogP contribution >= 0.6 is 0 Å². The van der Waals surface area contributed by atoms with Crippen molar-refractivity contribution in [3.8, 4) is 69.0 Å². The van der Waals surface area contributed by atoms with Gasteiger partial charge in [-0.2, -0.15) is 0 Å². The van der Waals surface area contributed by atoms with E-state index in [4.69, 9.17) is 56.8 Å². The van der Waals surface area contributed by atoms with Crippen molar-refractivity contribution in [3.05, 3.63) is 139 Å². The van der Waals surface area contributed by atoms with Gasteiger partial charge in [0.25, 0.3) is 0 Å². The lowest BCUT2D eigenvalue weighted by Crippen LogP contribution is -2.25. The Bertz CT molecular complexity index is 2670. The van der Waals surface area contributed by atoms with E-state index in [2.05, 4.69) is 52.0 Å². The van der Waals surface area contributed by atoms with Gasteiger partial charge in [0.2, 0.25) is 27.2 Å². The van der Waals surface area contributed by atoms with Crippen LogP contribution in [0.25, 0.3) is 0 Å². The van der Waals surface area contributed by atoms with Gasteiger partial charge in [0.05, 0.1) is 22.3 Å². The minimum absolute atomic E-state index is 0.0804. The summed E-state index contributed by atoms with van der Waals surface area (Å²) in [6, 6.07) is 20.9. The first-order valence-electron chi connectivity index (χ1n) is 22.7. The highest BCUT2D eigenvalue weighted by Gasteiger charge is 2.40. The van der Waals surface area contributed by atoms with Gasteiger partial charge in [-0.25, -0.2) is 0 Å². The molecule has 8 aliphatic rings. The maximum absolute atomic E-state index is 6.81. The van der Waals surface area contributed by atoms with Gasteiger partial charge >= 0.3 is 0 Å². The zero-order valence-corrected chi connectivity index (χ0v) is 37.6. The van der Waals surface area contributed by atoms with E-state index in [-0.39, 0.29) is 77.3 Å². The summed E-state index contributed by atoms with van der Waals surface area (Å²) < 4.78 is 81.1. The van der Waals surface area contributed by atoms with Gasteiger partial charge in [0.15, 0.2) is 0 Å². The zero-order valence-electron chi connectivity index (χ0n) is 37.6. The van der Waals surface area contributed by atoms with E-state index in [9.17, 15) is 0 Å². The van der Waals surface area contributed by atoms with Crippen LogP contribution in [0.2, 0.25) is 0 Å². The van der Waals surface area contributed by atoms with Crippen LogP contribution in [0.5, 0.6) is 69.0 Å². The van der Waals surface area contributed by atoms with E-state index in [1.165, 1.54) is 0 Å².